The molecule has 12 heavy (non-hydrogen) atoms. The van der Waals surface area contributed by atoms with Gasteiger partial charge in [0, 0.05) is 25.2 Å². The Labute approximate surface area is 73.8 Å². The summed E-state index contributed by atoms with van der Waals surface area (Å²) in [6.07, 6.45) is 3.03. The van der Waals surface area contributed by atoms with Crippen LogP contribution in [-0.2, 0) is 13.0 Å². The van der Waals surface area contributed by atoms with Crippen LogP contribution in [0.2, 0.25) is 0 Å². The minimum Gasteiger partial charge on any atom is -0.317 e. The maximum atomic E-state index is 4.39. The van der Waals surface area contributed by atoms with Crippen LogP contribution in [0.1, 0.15) is 19.5 Å². The lowest BCUT2D eigenvalue weighted by Gasteiger charge is -2.06. The molecule has 0 spiro atoms. The van der Waals surface area contributed by atoms with Gasteiger partial charge in [0.05, 0.1) is 5.69 Å². The fourth-order valence-electron chi connectivity index (χ4n) is 1.10. The molecule has 0 saturated carbocycles. The van der Waals surface area contributed by atoms with E-state index in [0.717, 1.165) is 13.0 Å². The number of hydrogen-bond donors (Lipinski definition) is 1. The van der Waals surface area contributed by atoms with E-state index >= 15 is 0 Å². The van der Waals surface area contributed by atoms with Crippen LogP contribution in [0.5, 0.6) is 0 Å². The van der Waals surface area contributed by atoms with E-state index in [1.54, 1.807) is 0 Å². The van der Waals surface area contributed by atoms with Gasteiger partial charge in [0.1, 0.15) is 0 Å². The smallest absolute Gasteiger partial charge is 0.0640 e. The number of aromatic nitrogens is 2. The van der Waals surface area contributed by atoms with Crippen molar-refractivity contribution in [1.29, 1.82) is 0 Å². The molecule has 3 heteroatoms. The van der Waals surface area contributed by atoms with Gasteiger partial charge in [0.25, 0.3) is 0 Å². The Morgan fingerprint density at radius 2 is 2.42 bits per heavy atom. The Morgan fingerprint density at radius 3 is 2.92 bits per heavy atom. The summed E-state index contributed by atoms with van der Waals surface area (Å²) in [4.78, 5) is 0. The summed E-state index contributed by atoms with van der Waals surface area (Å²) in [5.74, 6) is 0. The number of hydrogen-bond acceptors (Lipinski definition) is 2. The lowest BCUT2D eigenvalue weighted by Crippen LogP contribution is -2.23. The van der Waals surface area contributed by atoms with Crippen molar-refractivity contribution < 1.29 is 0 Å². The maximum absolute atomic E-state index is 4.39. The van der Waals surface area contributed by atoms with Crippen LogP contribution in [0.3, 0.4) is 0 Å². The predicted octanol–water partition coefficient (Wildman–Crippen LogP) is 1.05. The van der Waals surface area contributed by atoms with E-state index in [2.05, 4.69) is 30.3 Å². The van der Waals surface area contributed by atoms with E-state index in [0.29, 0.717) is 6.04 Å². The van der Waals surface area contributed by atoms with E-state index < -0.39 is 0 Å². The SMILES string of the molecule is CCn1ccc(CC(C)NC)n1. The topological polar surface area (TPSA) is 29.9 Å². The second-order valence-corrected chi connectivity index (χ2v) is 3.06. The molecule has 0 aromatic carbocycles. The molecule has 3 nitrogen and oxygen atoms in total. The minimum absolute atomic E-state index is 0.505. The largest absolute Gasteiger partial charge is 0.317 e. The first-order valence-corrected chi connectivity index (χ1v) is 4.45. The number of rotatable bonds is 4. The lowest BCUT2D eigenvalue weighted by molar-refractivity contribution is 0.582. The second kappa shape index (κ2) is 4.26. The summed E-state index contributed by atoms with van der Waals surface area (Å²) < 4.78 is 1.96. The predicted molar refractivity (Wildman–Crippen MR) is 50.1 cm³/mol. The van der Waals surface area contributed by atoms with Crippen LogP contribution < -0.4 is 5.32 Å². The second-order valence-electron chi connectivity index (χ2n) is 3.06. The molecule has 1 aromatic rings. The standard InChI is InChI=1S/C9H17N3/c1-4-12-6-5-9(11-12)7-8(2)10-3/h5-6,8,10H,4,7H2,1-3H3. The fraction of sp³-hybridized carbons (Fsp3) is 0.667. The summed E-state index contributed by atoms with van der Waals surface area (Å²) in [6, 6.07) is 2.59. The monoisotopic (exact) mass is 167 g/mol. The van der Waals surface area contributed by atoms with Gasteiger partial charge in [-0.2, -0.15) is 5.10 Å². The van der Waals surface area contributed by atoms with Crippen molar-refractivity contribution in [3.8, 4) is 0 Å². The molecule has 1 rings (SSSR count). The first-order valence-electron chi connectivity index (χ1n) is 4.45. The van der Waals surface area contributed by atoms with Gasteiger partial charge >= 0.3 is 0 Å². The van der Waals surface area contributed by atoms with E-state index in [1.807, 2.05) is 17.9 Å². The quantitative estimate of drug-likeness (QED) is 0.726. The Hall–Kier alpha value is -0.830. The Balaban J connectivity index is 2.52. The van der Waals surface area contributed by atoms with Gasteiger partial charge in [0.2, 0.25) is 0 Å². The van der Waals surface area contributed by atoms with E-state index in [4.69, 9.17) is 0 Å². The molecule has 1 N–H and O–H groups in total. The number of nitrogens with zero attached hydrogens (tertiary/aromatic N) is 2. The first kappa shape index (κ1) is 9.26. The van der Waals surface area contributed by atoms with Crippen molar-refractivity contribution in [3.63, 3.8) is 0 Å². The highest BCUT2D eigenvalue weighted by Crippen LogP contribution is 1.99. The number of nitrogens with one attached hydrogen (secondary N) is 1. The molecule has 0 aliphatic rings. The van der Waals surface area contributed by atoms with Crippen molar-refractivity contribution in [2.75, 3.05) is 7.05 Å². The summed E-state index contributed by atoms with van der Waals surface area (Å²) in [7, 11) is 1.97. The van der Waals surface area contributed by atoms with Crippen molar-refractivity contribution in [2.45, 2.75) is 32.9 Å². The van der Waals surface area contributed by atoms with E-state index in [1.165, 1.54) is 5.69 Å². The minimum atomic E-state index is 0.505. The first-order chi connectivity index (χ1) is 5.76. The normalized spacial score (nSPS) is 13.2. The van der Waals surface area contributed by atoms with E-state index in [9.17, 15) is 0 Å². The third-order valence-corrected chi connectivity index (χ3v) is 2.03. The van der Waals surface area contributed by atoms with Crippen LogP contribution in [0, 0.1) is 0 Å². The number of likely N-dealkylation sites (N-methyl/N-ethyl adjacent to an activating group) is 1. The molecule has 0 aliphatic heterocycles. The van der Waals surface area contributed by atoms with Crippen LogP contribution in [0.4, 0.5) is 0 Å². The molecule has 0 aliphatic carbocycles. The van der Waals surface area contributed by atoms with Crippen LogP contribution in [-0.4, -0.2) is 22.9 Å². The summed E-state index contributed by atoms with van der Waals surface area (Å²) in [5.41, 5.74) is 1.17. The highest BCUT2D eigenvalue weighted by atomic mass is 15.3. The molecule has 68 valence electrons. The summed E-state index contributed by atoms with van der Waals surface area (Å²) in [5, 5.41) is 7.58. The van der Waals surface area contributed by atoms with Crippen LogP contribution >= 0.6 is 0 Å². The average Bonchev–Trinajstić information content (AvgIpc) is 2.52. The van der Waals surface area contributed by atoms with Crippen molar-refractivity contribution in [3.05, 3.63) is 18.0 Å². The Bertz CT molecular complexity index is 229. The zero-order valence-corrected chi connectivity index (χ0v) is 8.04. The van der Waals surface area contributed by atoms with E-state index in [-0.39, 0.29) is 0 Å². The van der Waals surface area contributed by atoms with Crippen LogP contribution in [0.25, 0.3) is 0 Å². The molecular formula is C9H17N3. The molecule has 0 radical (unpaired) electrons. The van der Waals surface area contributed by atoms with Crippen molar-refractivity contribution in [2.24, 2.45) is 0 Å². The fourth-order valence-corrected chi connectivity index (χ4v) is 1.10. The third kappa shape index (κ3) is 2.34. The molecule has 1 unspecified atom stereocenters. The summed E-state index contributed by atoms with van der Waals surface area (Å²) >= 11 is 0. The molecular weight excluding hydrogens is 150 g/mol. The van der Waals surface area contributed by atoms with Gasteiger partial charge in [-0.15, -0.1) is 0 Å². The molecule has 0 saturated heterocycles. The molecule has 1 aromatic heterocycles. The third-order valence-electron chi connectivity index (χ3n) is 2.03. The maximum Gasteiger partial charge on any atom is 0.0640 e. The Kier molecular flexibility index (Phi) is 3.29. The zero-order valence-electron chi connectivity index (χ0n) is 8.04. The van der Waals surface area contributed by atoms with Gasteiger partial charge in [-0.1, -0.05) is 0 Å². The van der Waals surface area contributed by atoms with Crippen molar-refractivity contribution in [1.82, 2.24) is 15.1 Å². The van der Waals surface area contributed by atoms with Gasteiger partial charge in [-0.05, 0) is 27.0 Å². The van der Waals surface area contributed by atoms with Crippen molar-refractivity contribution >= 4 is 0 Å². The Morgan fingerprint density at radius 1 is 1.67 bits per heavy atom. The highest BCUT2D eigenvalue weighted by molar-refractivity contribution is 5.00. The van der Waals surface area contributed by atoms with Gasteiger partial charge in [-0.25, -0.2) is 0 Å². The molecule has 0 bridgehead atoms. The zero-order chi connectivity index (χ0) is 8.97. The molecule has 0 fully saturated rings. The van der Waals surface area contributed by atoms with Crippen LogP contribution in [0.15, 0.2) is 12.3 Å². The number of aryl methyl sites for hydroxylation is 1. The molecule has 1 heterocycles. The van der Waals surface area contributed by atoms with Gasteiger partial charge in [-0.3, -0.25) is 4.68 Å². The summed E-state index contributed by atoms with van der Waals surface area (Å²) in [6.45, 7) is 5.21. The molecule has 0 amide bonds. The average molecular weight is 167 g/mol. The van der Waals surface area contributed by atoms with Gasteiger partial charge in [0.15, 0.2) is 0 Å². The van der Waals surface area contributed by atoms with Gasteiger partial charge < -0.3 is 5.32 Å². The lowest BCUT2D eigenvalue weighted by atomic mass is 10.2. The molecule has 1 atom stereocenters. The highest BCUT2D eigenvalue weighted by Gasteiger charge is 2.02.